The first kappa shape index (κ1) is 24.8. The Bertz CT molecular complexity index is 1550. The molecule has 4 rings (SSSR count). The summed E-state index contributed by atoms with van der Waals surface area (Å²) in [5.74, 6) is -0.229. The highest BCUT2D eigenvalue weighted by molar-refractivity contribution is 7.92. The van der Waals surface area contributed by atoms with E-state index in [-0.39, 0.29) is 15.5 Å². The maximum absolute atomic E-state index is 13.6. The first-order valence-electron chi connectivity index (χ1n) is 10.6. The van der Waals surface area contributed by atoms with Crippen molar-refractivity contribution in [2.45, 2.75) is 11.8 Å². The molecule has 4 aromatic rings. The minimum atomic E-state index is -4.14. The molecular formula is C24H22ClN3O5S2. The van der Waals surface area contributed by atoms with E-state index in [1.807, 2.05) is 0 Å². The van der Waals surface area contributed by atoms with Gasteiger partial charge in [0.05, 0.1) is 27.4 Å². The molecule has 0 bridgehead atoms. The molecule has 11 heteroatoms. The highest BCUT2D eigenvalue weighted by atomic mass is 35.5. The Balaban J connectivity index is 1.69. The van der Waals surface area contributed by atoms with Gasteiger partial charge < -0.3 is 14.6 Å². The van der Waals surface area contributed by atoms with Crippen molar-refractivity contribution < 1.29 is 17.9 Å². The van der Waals surface area contributed by atoms with Gasteiger partial charge in [-0.25, -0.2) is 8.42 Å². The van der Waals surface area contributed by atoms with E-state index in [9.17, 15) is 18.0 Å². The van der Waals surface area contributed by atoms with Crippen LogP contribution < -0.4 is 19.2 Å². The standard InChI is InChI=1S/C24H22ClN3O5S2/c1-3-33-21-7-5-4-6-19(21)28(35(31,32)18-11-8-16(25)9-12-18)15-23(29)26-17-10-13-20-22(14-17)34-24(30)27(20)2/h4-14H,3,15H2,1-2H3,(H,26,29). The number of hydrogen-bond acceptors (Lipinski definition) is 6. The number of sulfonamides is 1. The molecule has 0 aliphatic heterocycles. The van der Waals surface area contributed by atoms with Crippen molar-refractivity contribution in [1.29, 1.82) is 0 Å². The lowest BCUT2D eigenvalue weighted by molar-refractivity contribution is -0.114. The summed E-state index contributed by atoms with van der Waals surface area (Å²) in [5.41, 5.74) is 1.43. The molecule has 0 atom stereocenters. The molecule has 1 amide bonds. The highest BCUT2D eigenvalue weighted by Crippen LogP contribution is 2.33. The van der Waals surface area contributed by atoms with Crippen molar-refractivity contribution in [2.75, 3.05) is 22.8 Å². The Hall–Kier alpha value is -3.34. The number of thiazole rings is 1. The average molecular weight is 532 g/mol. The smallest absolute Gasteiger partial charge is 0.307 e. The maximum atomic E-state index is 13.6. The van der Waals surface area contributed by atoms with Crippen LogP contribution in [0.3, 0.4) is 0 Å². The average Bonchev–Trinajstić information content (AvgIpc) is 3.11. The molecule has 0 saturated heterocycles. The van der Waals surface area contributed by atoms with Gasteiger partial charge in [-0.05, 0) is 61.5 Å². The molecular weight excluding hydrogens is 510 g/mol. The number of nitrogens with one attached hydrogen (secondary N) is 1. The molecule has 0 unspecified atom stereocenters. The van der Waals surface area contributed by atoms with Crippen LogP contribution >= 0.6 is 22.9 Å². The molecule has 182 valence electrons. The molecule has 1 aromatic heterocycles. The van der Waals surface area contributed by atoms with Crippen LogP contribution in [0.5, 0.6) is 5.75 Å². The van der Waals surface area contributed by atoms with Crippen LogP contribution in [0.1, 0.15) is 6.92 Å². The number of amides is 1. The summed E-state index contributed by atoms with van der Waals surface area (Å²) in [4.78, 5) is 24.9. The van der Waals surface area contributed by atoms with E-state index in [0.29, 0.717) is 27.8 Å². The molecule has 35 heavy (non-hydrogen) atoms. The minimum absolute atomic E-state index is 0.0171. The lowest BCUT2D eigenvalue weighted by Gasteiger charge is -2.26. The number of carbonyl (C=O) groups excluding carboxylic acids is 1. The van der Waals surface area contributed by atoms with Crippen LogP contribution in [0.15, 0.2) is 76.4 Å². The lowest BCUT2D eigenvalue weighted by atomic mass is 10.2. The van der Waals surface area contributed by atoms with Gasteiger partial charge in [0.25, 0.3) is 10.0 Å². The van der Waals surface area contributed by atoms with E-state index < -0.39 is 22.5 Å². The molecule has 0 aliphatic carbocycles. The third-order valence-corrected chi connectivity index (χ3v) is 8.22. The van der Waals surface area contributed by atoms with Crippen LogP contribution in [0.4, 0.5) is 11.4 Å². The zero-order valence-electron chi connectivity index (χ0n) is 18.9. The molecule has 0 spiro atoms. The van der Waals surface area contributed by atoms with Gasteiger partial charge in [0, 0.05) is 17.8 Å². The van der Waals surface area contributed by atoms with E-state index in [0.717, 1.165) is 21.2 Å². The van der Waals surface area contributed by atoms with E-state index in [4.69, 9.17) is 16.3 Å². The highest BCUT2D eigenvalue weighted by Gasteiger charge is 2.29. The normalized spacial score (nSPS) is 11.4. The Labute approximate surface area is 211 Å². The monoisotopic (exact) mass is 531 g/mol. The van der Waals surface area contributed by atoms with E-state index >= 15 is 0 Å². The summed E-state index contributed by atoms with van der Waals surface area (Å²) < 4.78 is 36.1. The van der Waals surface area contributed by atoms with Crippen molar-refractivity contribution in [2.24, 2.45) is 7.05 Å². The van der Waals surface area contributed by atoms with Crippen LogP contribution in [0.2, 0.25) is 5.02 Å². The number of benzene rings is 3. The fraction of sp³-hybridized carbons (Fsp3) is 0.167. The first-order chi connectivity index (χ1) is 16.7. The number of rotatable bonds is 8. The fourth-order valence-electron chi connectivity index (χ4n) is 3.52. The maximum Gasteiger partial charge on any atom is 0.307 e. The molecule has 0 fully saturated rings. The van der Waals surface area contributed by atoms with E-state index in [2.05, 4.69) is 5.32 Å². The van der Waals surface area contributed by atoms with Crippen molar-refractivity contribution in [1.82, 2.24) is 4.57 Å². The van der Waals surface area contributed by atoms with Crippen LogP contribution in [-0.2, 0) is 21.9 Å². The second kappa shape index (κ2) is 10.1. The second-order valence-electron chi connectivity index (χ2n) is 7.52. The second-order valence-corrected chi connectivity index (χ2v) is 10.8. The Morgan fingerprint density at radius 3 is 2.54 bits per heavy atom. The van der Waals surface area contributed by atoms with Gasteiger partial charge in [-0.3, -0.25) is 13.9 Å². The number of anilines is 2. The van der Waals surface area contributed by atoms with Crippen molar-refractivity contribution in [3.63, 3.8) is 0 Å². The van der Waals surface area contributed by atoms with Gasteiger partial charge >= 0.3 is 4.87 Å². The van der Waals surface area contributed by atoms with Gasteiger partial charge in [-0.15, -0.1) is 0 Å². The third-order valence-electron chi connectivity index (χ3n) is 5.20. The number of halogens is 1. The lowest BCUT2D eigenvalue weighted by Crippen LogP contribution is -2.38. The number of hydrogen-bond donors (Lipinski definition) is 1. The van der Waals surface area contributed by atoms with E-state index in [1.165, 1.54) is 28.8 Å². The van der Waals surface area contributed by atoms with Crippen molar-refractivity contribution >= 4 is 60.5 Å². The van der Waals surface area contributed by atoms with Gasteiger partial charge in [0.15, 0.2) is 0 Å². The summed E-state index contributed by atoms with van der Waals surface area (Å²) in [7, 11) is -2.47. The largest absolute Gasteiger partial charge is 0.492 e. The number of aromatic nitrogens is 1. The van der Waals surface area contributed by atoms with E-state index in [1.54, 1.807) is 56.4 Å². The van der Waals surface area contributed by atoms with Crippen molar-refractivity contribution in [3.8, 4) is 5.75 Å². The van der Waals surface area contributed by atoms with Crippen LogP contribution in [0, 0.1) is 0 Å². The summed E-state index contributed by atoms with van der Waals surface area (Å²) in [6, 6.07) is 17.4. The number of nitrogens with zero attached hydrogens (tertiary/aromatic N) is 2. The SMILES string of the molecule is CCOc1ccccc1N(CC(=O)Nc1ccc2c(c1)sc(=O)n2C)S(=O)(=O)c1ccc(Cl)cc1. The summed E-state index contributed by atoms with van der Waals surface area (Å²) in [6.45, 7) is 1.60. The number of fused-ring (bicyclic) bond motifs is 1. The van der Waals surface area contributed by atoms with Crippen molar-refractivity contribution in [3.05, 3.63) is 81.4 Å². The molecule has 1 heterocycles. The van der Waals surface area contributed by atoms with Gasteiger partial charge in [-0.2, -0.15) is 0 Å². The van der Waals surface area contributed by atoms with Gasteiger partial charge in [0.2, 0.25) is 5.91 Å². The topological polar surface area (TPSA) is 97.7 Å². The molecule has 1 N–H and O–H groups in total. The number of carbonyl (C=O) groups is 1. The summed E-state index contributed by atoms with van der Waals surface area (Å²) in [5, 5.41) is 3.13. The predicted molar refractivity (Wildman–Crippen MR) is 139 cm³/mol. The predicted octanol–water partition coefficient (Wildman–Crippen LogP) is 4.49. The van der Waals surface area contributed by atoms with Crippen LogP contribution in [0.25, 0.3) is 10.2 Å². The van der Waals surface area contributed by atoms with Crippen LogP contribution in [-0.4, -0.2) is 32.0 Å². The zero-order chi connectivity index (χ0) is 25.2. The first-order valence-corrected chi connectivity index (χ1v) is 13.2. The number of ether oxygens (including phenoxy) is 1. The van der Waals surface area contributed by atoms with Gasteiger partial charge in [0.1, 0.15) is 12.3 Å². The van der Waals surface area contributed by atoms with Gasteiger partial charge in [-0.1, -0.05) is 35.1 Å². The molecule has 8 nitrogen and oxygen atoms in total. The molecule has 0 aliphatic rings. The summed E-state index contributed by atoms with van der Waals surface area (Å²) in [6.07, 6.45) is 0. The fourth-order valence-corrected chi connectivity index (χ4v) is 5.99. The summed E-state index contributed by atoms with van der Waals surface area (Å²) >= 11 is 7.00. The zero-order valence-corrected chi connectivity index (χ0v) is 21.3. The number of aryl methyl sites for hydroxylation is 1. The molecule has 0 saturated carbocycles. The Kier molecular flexibility index (Phi) is 7.15. The minimum Gasteiger partial charge on any atom is -0.492 e. The Morgan fingerprint density at radius 1 is 1.11 bits per heavy atom. The number of para-hydroxylation sites is 2. The quantitative estimate of drug-likeness (QED) is 0.361. The molecule has 3 aromatic carbocycles. The Morgan fingerprint density at radius 2 is 1.83 bits per heavy atom. The molecule has 0 radical (unpaired) electrons. The third kappa shape index (κ3) is 5.19.